The Labute approximate surface area is 177 Å². The van der Waals surface area contributed by atoms with Crippen LogP contribution in [-0.4, -0.2) is 33.0 Å². The molecule has 2 rings (SSSR count). The fourth-order valence-corrected chi connectivity index (χ4v) is 6.52. The summed E-state index contributed by atoms with van der Waals surface area (Å²) in [6.45, 7) is 9.15. The van der Waals surface area contributed by atoms with Crippen molar-refractivity contribution >= 4 is 14.4 Å². The van der Waals surface area contributed by atoms with E-state index in [1.54, 1.807) is 12.0 Å². The van der Waals surface area contributed by atoms with Gasteiger partial charge in [-0.15, -0.1) is 0 Å². The van der Waals surface area contributed by atoms with Gasteiger partial charge in [0.1, 0.15) is 18.4 Å². The van der Waals surface area contributed by atoms with Crippen LogP contribution in [0, 0.1) is 0 Å². The Morgan fingerprint density at radius 3 is 2.31 bits per heavy atom. The fourth-order valence-electron chi connectivity index (χ4n) is 3.88. The van der Waals surface area contributed by atoms with E-state index >= 15 is 0 Å². The summed E-state index contributed by atoms with van der Waals surface area (Å²) < 4.78 is 18.0. The molecule has 1 heterocycles. The van der Waals surface area contributed by atoms with Gasteiger partial charge >= 0.3 is 6.09 Å². The molecular weight excluding hydrogens is 382 g/mol. The number of methoxy groups -OCH3 is 1. The molecular formula is C23H37NO4Si. The van der Waals surface area contributed by atoms with E-state index in [4.69, 9.17) is 13.9 Å². The predicted molar refractivity (Wildman–Crippen MR) is 119 cm³/mol. The van der Waals surface area contributed by atoms with Crippen LogP contribution in [0.2, 0.25) is 18.1 Å². The Kier molecular flexibility index (Phi) is 9.08. The van der Waals surface area contributed by atoms with Crippen molar-refractivity contribution in [3.63, 3.8) is 0 Å². The van der Waals surface area contributed by atoms with Gasteiger partial charge in [-0.2, -0.15) is 0 Å². The van der Waals surface area contributed by atoms with Gasteiger partial charge in [-0.25, -0.2) is 9.69 Å². The first-order valence-electron chi connectivity index (χ1n) is 11.0. The van der Waals surface area contributed by atoms with Gasteiger partial charge in [0, 0.05) is 6.42 Å². The summed E-state index contributed by atoms with van der Waals surface area (Å²) >= 11 is 0. The van der Waals surface area contributed by atoms with E-state index in [0.29, 0.717) is 12.5 Å². The maximum atomic E-state index is 12.7. The summed E-state index contributed by atoms with van der Waals surface area (Å²) in [7, 11) is -0.286. The third kappa shape index (κ3) is 5.56. The van der Waals surface area contributed by atoms with E-state index in [2.05, 4.69) is 27.7 Å². The molecule has 1 aliphatic heterocycles. The summed E-state index contributed by atoms with van der Waals surface area (Å²) in [6.07, 6.45) is 3.67. The lowest BCUT2D eigenvalue weighted by atomic mass is 10.1. The molecule has 0 bridgehead atoms. The second kappa shape index (κ2) is 11.3. The minimum absolute atomic E-state index is 0.204. The van der Waals surface area contributed by atoms with E-state index in [9.17, 15) is 4.79 Å². The molecule has 0 N–H and O–H groups in total. The topological polar surface area (TPSA) is 48.0 Å². The van der Waals surface area contributed by atoms with Crippen LogP contribution in [0.1, 0.15) is 65.0 Å². The number of hydrogen-bond acceptors (Lipinski definition) is 4. The molecule has 1 aliphatic rings. The number of unbranched alkanes of at least 4 members (excludes halogenated alkanes) is 2. The molecule has 5 nitrogen and oxygen atoms in total. The molecule has 0 saturated carbocycles. The average molecular weight is 420 g/mol. The van der Waals surface area contributed by atoms with Crippen LogP contribution < -0.4 is 0 Å². The SMILES string of the molecule is CCCCC/C(O[Si](CC)(CC)CC)=C(\OC)N1C(=O)OC[C@H]1c1ccccc1. The Morgan fingerprint density at radius 1 is 1.10 bits per heavy atom. The number of hydrogen-bond donors (Lipinski definition) is 0. The molecule has 1 saturated heterocycles. The largest absolute Gasteiger partial charge is 0.543 e. The summed E-state index contributed by atoms with van der Waals surface area (Å²) in [5, 5.41) is 0. The first kappa shape index (κ1) is 23.3. The quantitative estimate of drug-likeness (QED) is 0.218. The minimum atomic E-state index is -1.91. The van der Waals surface area contributed by atoms with Crippen LogP contribution in [0.15, 0.2) is 42.0 Å². The van der Waals surface area contributed by atoms with E-state index in [-0.39, 0.29) is 12.1 Å². The molecule has 6 heteroatoms. The van der Waals surface area contributed by atoms with Crippen molar-refractivity contribution in [1.29, 1.82) is 0 Å². The van der Waals surface area contributed by atoms with Gasteiger partial charge in [-0.1, -0.05) is 70.9 Å². The van der Waals surface area contributed by atoms with Crippen molar-refractivity contribution in [2.45, 2.75) is 77.6 Å². The zero-order chi connectivity index (χ0) is 21.3. The molecule has 1 aromatic carbocycles. The smallest absolute Gasteiger partial charge is 0.417 e. The average Bonchev–Trinajstić information content (AvgIpc) is 3.14. The summed E-state index contributed by atoms with van der Waals surface area (Å²) in [5.41, 5.74) is 1.03. The van der Waals surface area contributed by atoms with Crippen LogP contribution in [0.3, 0.4) is 0 Å². The first-order chi connectivity index (χ1) is 14.1. The van der Waals surface area contributed by atoms with Crippen LogP contribution >= 0.6 is 0 Å². The lowest BCUT2D eigenvalue weighted by Gasteiger charge is -2.33. The predicted octanol–water partition coefficient (Wildman–Crippen LogP) is 6.60. The first-order valence-corrected chi connectivity index (χ1v) is 13.6. The Morgan fingerprint density at radius 2 is 1.76 bits per heavy atom. The molecule has 1 amide bonds. The van der Waals surface area contributed by atoms with Gasteiger partial charge in [-0.3, -0.25) is 0 Å². The highest BCUT2D eigenvalue weighted by atomic mass is 28.4. The zero-order valence-electron chi connectivity index (χ0n) is 18.7. The second-order valence-corrected chi connectivity index (χ2v) is 12.3. The highest BCUT2D eigenvalue weighted by Gasteiger charge is 2.41. The standard InChI is InChI=1S/C23H37NO4Si/c1-6-10-12-17-21(28-29(7-2,8-3)9-4)22(26-5)24-20(18-27-23(24)25)19-15-13-11-14-16-19/h11,13-16,20H,6-10,12,17-18H2,1-5H3/b22-21+/t20-/m0/s1. The number of cyclic esters (lactones) is 1. The van der Waals surface area contributed by atoms with E-state index < -0.39 is 8.32 Å². The number of benzene rings is 1. The highest BCUT2D eigenvalue weighted by molar-refractivity contribution is 6.73. The second-order valence-electron chi connectivity index (χ2n) is 7.61. The summed E-state index contributed by atoms with van der Waals surface area (Å²) in [5.74, 6) is 1.34. The third-order valence-corrected chi connectivity index (χ3v) is 10.5. The molecule has 162 valence electrons. The number of allylic oxidation sites excluding steroid dienone is 1. The number of carbonyl (C=O) groups is 1. The highest BCUT2D eigenvalue weighted by Crippen LogP contribution is 2.36. The third-order valence-electron chi connectivity index (χ3n) is 5.99. The van der Waals surface area contributed by atoms with Crippen LogP contribution in [0.25, 0.3) is 0 Å². The van der Waals surface area contributed by atoms with Crippen molar-refractivity contribution in [3.8, 4) is 0 Å². The number of ether oxygens (including phenoxy) is 2. The van der Waals surface area contributed by atoms with Crippen LogP contribution in [0.4, 0.5) is 4.79 Å². The minimum Gasteiger partial charge on any atom is -0.543 e. The van der Waals surface area contributed by atoms with Crippen molar-refractivity contribution in [1.82, 2.24) is 4.90 Å². The number of nitrogens with zero attached hydrogens (tertiary/aromatic N) is 1. The van der Waals surface area contributed by atoms with Gasteiger partial charge in [0.15, 0.2) is 0 Å². The Bertz CT molecular complexity index is 664. The van der Waals surface area contributed by atoms with Gasteiger partial charge in [0.25, 0.3) is 0 Å². The number of amides is 1. The Balaban J connectivity index is 2.46. The van der Waals surface area contributed by atoms with Crippen molar-refractivity contribution in [2.75, 3.05) is 13.7 Å². The maximum absolute atomic E-state index is 12.7. The van der Waals surface area contributed by atoms with Crippen molar-refractivity contribution in [2.24, 2.45) is 0 Å². The van der Waals surface area contributed by atoms with Gasteiger partial charge < -0.3 is 13.9 Å². The number of carbonyl (C=O) groups excluding carboxylic acids is 1. The summed E-state index contributed by atoms with van der Waals surface area (Å²) in [4.78, 5) is 14.4. The van der Waals surface area contributed by atoms with Gasteiger partial charge in [-0.05, 0) is 30.1 Å². The zero-order valence-corrected chi connectivity index (χ0v) is 19.7. The molecule has 0 aromatic heterocycles. The fraction of sp³-hybridized carbons (Fsp3) is 0.609. The number of rotatable bonds is 12. The molecule has 0 radical (unpaired) electrons. The molecule has 0 unspecified atom stereocenters. The van der Waals surface area contributed by atoms with Crippen LogP contribution in [-0.2, 0) is 13.9 Å². The molecule has 0 spiro atoms. The van der Waals surface area contributed by atoms with Gasteiger partial charge in [0.05, 0.1) is 7.11 Å². The van der Waals surface area contributed by atoms with E-state index in [0.717, 1.165) is 55.1 Å². The lowest BCUT2D eigenvalue weighted by Crippen LogP contribution is -2.37. The van der Waals surface area contributed by atoms with Crippen molar-refractivity contribution < 1.29 is 18.7 Å². The summed E-state index contributed by atoms with van der Waals surface area (Å²) in [6, 6.07) is 12.9. The van der Waals surface area contributed by atoms with E-state index in [1.165, 1.54) is 0 Å². The maximum Gasteiger partial charge on any atom is 0.417 e. The van der Waals surface area contributed by atoms with E-state index in [1.807, 2.05) is 30.3 Å². The van der Waals surface area contributed by atoms with Crippen molar-refractivity contribution in [3.05, 3.63) is 47.5 Å². The molecule has 1 atom stereocenters. The molecule has 29 heavy (non-hydrogen) atoms. The monoisotopic (exact) mass is 419 g/mol. The molecule has 1 aromatic rings. The molecule has 1 fully saturated rings. The molecule has 0 aliphatic carbocycles. The van der Waals surface area contributed by atoms with Crippen LogP contribution in [0.5, 0.6) is 0 Å². The Hall–Kier alpha value is -1.95. The van der Waals surface area contributed by atoms with Gasteiger partial charge in [0.2, 0.25) is 14.2 Å². The lowest BCUT2D eigenvalue weighted by molar-refractivity contribution is 0.121. The normalized spacial score (nSPS) is 17.8.